The van der Waals surface area contributed by atoms with Crippen LogP contribution in [0, 0.1) is 0 Å². The quantitative estimate of drug-likeness (QED) is 0.169. The average molecular weight is 766 g/mol. The Kier molecular flexibility index (Phi) is 7.78. The number of nitrogens with zero attached hydrogens (tertiary/aromatic N) is 5. The molecule has 0 atom stereocenters. The van der Waals surface area contributed by atoms with Gasteiger partial charge in [-0.25, -0.2) is 4.98 Å². The minimum Gasteiger partial charge on any atom is -0.309 e. The van der Waals surface area contributed by atoms with Crippen molar-refractivity contribution in [3.05, 3.63) is 212 Å². The van der Waals surface area contributed by atoms with Crippen molar-refractivity contribution in [3.63, 3.8) is 0 Å². The van der Waals surface area contributed by atoms with E-state index in [-0.39, 0.29) is 0 Å². The van der Waals surface area contributed by atoms with Crippen LogP contribution in [0.15, 0.2) is 212 Å². The maximum atomic E-state index is 5.35. The zero-order valence-electron chi connectivity index (χ0n) is 32.4. The molecule has 0 N–H and O–H groups in total. The Bertz CT molecular complexity index is 3510. The van der Waals surface area contributed by atoms with E-state index in [1.807, 2.05) is 24.3 Å². The monoisotopic (exact) mass is 765 g/mol. The first-order valence-electron chi connectivity index (χ1n) is 20.3. The Morgan fingerprint density at radius 2 is 0.733 bits per heavy atom. The van der Waals surface area contributed by atoms with Gasteiger partial charge in [0.1, 0.15) is 0 Å². The molecule has 0 aliphatic rings. The lowest BCUT2D eigenvalue weighted by Crippen LogP contribution is -2.07. The molecule has 280 valence electrons. The predicted octanol–water partition coefficient (Wildman–Crippen LogP) is 13.9. The zero-order chi connectivity index (χ0) is 39.6. The molecule has 0 aliphatic heterocycles. The Balaban J connectivity index is 1.07. The van der Waals surface area contributed by atoms with E-state index in [1.165, 1.54) is 21.9 Å². The van der Waals surface area contributed by atoms with Crippen LogP contribution in [-0.2, 0) is 0 Å². The SMILES string of the molecule is c1ccc(-c2ccc(-c3ccc(-c4nc(-c5ccccc5)nc(-n5c6cc(-n7c8ccccc8c8ccccc87)ccc6c6ccc7ccccc7c65)n4)cc3)cc2)cc1. The van der Waals surface area contributed by atoms with Crippen molar-refractivity contribution in [2.75, 3.05) is 0 Å². The number of hydrogen-bond acceptors (Lipinski definition) is 3. The van der Waals surface area contributed by atoms with Gasteiger partial charge < -0.3 is 4.57 Å². The zero-order valence-corrected chi connectivity index (χ0v) is 32.4. The van der Waals surface area contributed by atoms with Gasteiger partial charge in [-0.15, -0.1) is 0 Å². The predicted molar refractivity (Wildman–Crippen MR) is 248 cm³/mol. The molecule has 0 fully saturated rings. The second-order valence-electron chi connectivity index (χ2n) is 15.3. The smallest absolute Gasteiger partial charge is 0.238 e. The summed E-state index contributed by atoms with van der Waals surface area (Å²) in [7, 11) is 0. The summed E-state index contributed by atoms with van der Waals surface area (Å²) in [6, 6.07) is 75.1. The van der Waals surface area contributed by atoms with Crippen LogP contribution in [0.25, 0.3) is 111 Å². The van der Waals surface area contributed by atoms with Crippen molar-refractivity contribution in [2.45, 2.75) is 0 Å². The highest BCUT2D eigenvalue weighted by molar-refractivity contribution is 6.19. The number of fused-ring (bicyclic) bond motifs is 8. The van der Waals surface area contributed by atoms with Gasteiger partial charge in [-0.05, 0) is 51.9 Å². The summed E-state index contributed by atoms with van der Waals surface area (Å²) in [5, 5.41) is 7.01. The van der Waals surface area contributed by atoms with E-state index in [4.69, 9.17) is 15.0 Å². The summed E-state index contributed by atoms with van der Waals surface area (Å²) < 4.78 is 4.62. The van der Waals surface area contributed by atoms with Crippen molar-refractivity contribution in [1.29, 1.82) is 0 Å². The van der Waals surface area contributed by atoms with Crippen LogP contribution in [0.4, 0.5) is 0 Å². The van der Waals surface area contributed by atoms with Gasteiger partial charge in [0, 0.05) is 43.7 Å². The lowest BCUT2D eigenvalue weighted by molar-refractivity contribution is 0.954. The summed E-state index contributed by atoms with van der Waals surface area (Å²) in [6.07, 6.45) is 0. The normalized spacial score (nSPS) is 11.7. The third-order valence-corrected chi connectivity index (χ3v) is 11.8. The lowest BCUT2D eigenvalue weighted by Gasteiger charge is -2.13. The van der Waals surface area contributed by atoms with E-state index < -0.39 is 0 Å². The summed E-state index contributed by atoms with van der Waals surface area (Å²) in [5.74, 6) is 1.79. The molecule has 0 unspecified atom stereocenters. The molecule has 0 spiro atoms. The average Bonchev–Trinajstić information content (AvgIpc) is 3.85. The van der Waals surface area contributed by atoms with Crippen LogP contribution in [-0.4, -0.2) is 24.1 Å². The van der Waals surface area contributed by atoms with Crippen LogP contribution >= 0.6 is 0 Å². The Morgan fingerprint density at radius 1 is 0.283 bits per heavy atom. The number of rotatable bonds is 6. The molecular formula is C55H35N5. The van der Waals surface area contributed by atoms with Gasteiger partial charge in [0.05, 0.1) is 22.1 Å². The molecule has 5 heteroatoms. The van der Waals surface area contributed by atoms with E-state index in [0.29, 0.717) is 17.6 Å². The molecule has 12 aromatic rings. The first kappa shape index (κ1) is 33.9. The van der Waals surface area contributed by atoms with Crippen molar-refractivity contribution in [2.24, 2.45) is 0 Å². The van der Waals surface area contributed by atoms with Gasteiger partial charge in [-0.2, -0.15) is 9.97 Å². The van der Waals surface area contributed by atoms with Crippen LogP contribution in [0.3, 0.4) is 0 Å². The molecule has 3 heterocycles. The van der Waals surface area contributed by atoms with Crippen molar-refractivity contribution in [3.8, 4) is 56.7 Å². The molecule has 0 bridgehead atoms. The first-order valence-corrected chi connectivity index (χ1v) is 20.3. The van der Waals surface area contributed by atoms with Crippen molar-refractivity contribution >= 4 is 54.4 Å². The van der Waals surface area contributed by atoms with E-state index >= 15 is 0 Å². The summed E-state index contributed by atoms with van der Waals surface area (Å²) >= 11 is 0. The fourth-order valence-electron chi connectivity index (χ4n) is 8.92. The molecule has 3 aromatic heterocycles. The van der Waals surface area contributed by atoms with E-state index in [0.717, 1.165) is 71.6 Å². The molecule has 0 aliphatic carbocycles. The number of hydrogen-bond donors (Lipinski definition) is 0. The fraction of sp³-hybridized carbons (Fsp3) is 0. The van der Waals surface area contributed by atoms with Crippen LogP contribution in [0.1, 0.15) is 0 Å². The van der Waals surface area contributed by atoms with Gasteiger partial charge >= 0.3 is 0 Å². The maximum Gasteiger partial charge on any atom is 0.238 e. The topological polar surface area (TPSA) is 48.5 Å². The highest BCUT2D eigenvalue weighted by Gasteiger charge is 2.21. The molecular weight excluding hydrogens is 731 g/mol. The standard InChI is InChI=1S/C55H35N5/c1-3-13-36(14-4-1)37-23-25-38(26-24-37)39-27-29-42(30-28-39)54-56-53(41-16-5-2-6-17-41)57-55(58-54)60-51-35-43(59-49-21-11-9-19-45(49)46-20-10-12-22-50(46)59)32-34-47(51)48-33-31-40-15-7-8-18-44(40)52(48)60/h1-35H. The molecule has 60 heavy (non-hydrogen) atoms. The van der Waals surface area contributed by atoms with Crippen LogP contribution in [0.5, 0.6) is 0 Å². The number of aromatic nitrogens is 5. The molecule has 0 saturated heterocycles. The Labute approximate surface area is 346 Å². The van der Waals surface area contributed by atoms with Crippen LogP contribution < -0.4 is 0 Å². The fourth-order valence-corrected chi connectivity index (χ4v) is 8.92. The highest BCUT2D eigenvalue weighted by atomic mass is 15.2. The minimum absolute atomic E-state index is 0.565. The molecule has 0 radical (unpaired) electrons. The largest absolute Gasteiger partial charge is 0.309 e. The van der Waals surface area contributed by atoms with Gasteiger partial charge in [0.25, 0.3) is 0 Å². The van der Waals surface area contributed by atoms with Crippen molar-refractivity contribution in [1.82, 2.24) is 24.1 Å². The molecule has 5 nitrogen and oxygen atoms in total. The molecule has 12 rings (SSSR count). The second kappa shape index (κ2) is 13.8. The maximum absolute atomic E-state index is 5.35. The highest BCUT2D eigenvalue weighted by Crippen LogP contribution is 2.39. The number of benzene rings is 9. The van der Waals surface area contributed by atoms with Crippen molar-refractivity contribution < 1.29 is 0 Å². The summed E-state index contributed by atoms with van der Waals surface area (Å²) in [6.45, 7) is 0. The van der Waals surface area contributed by atoms with Crippen LogP contribution in [0.2, 0.25) is 0 Å². The minimum atomic E-state index is 0.565. The molecule has 0 saturated carbocycles. The summed E-state index contributed by atoms with van der Waals surface area (Å²) in [5.41, 5.74) is 12.0. The number of para-hydroxylation sites is 2. The lowest BCUT2D eigenvalue weighted by atomic mass is 9.99. The third kappa shape index (κ3) is 5.52. The third-order valence-electron chi connectivity index (χ3n) is 11.8. The molecule has 0 amide bonds. The Hall–Kier alpha value is -8.15. The van der Waals surface area contributed by atoms with E-state index in [9.17, 15) is 0 Å². The Morgan fingerprint density at radius 3 is 1.35 bits per heavy atom. The molecule has 9 aromatic carbocycles. The van der Waals surface area contributed by atoms with Gasteiger partial charge in [0.2, 0.25) is 5.95 Å². The first-order chi connectivity index (χ1) is 29.7. The second-order valence-corrected chi connectivity index (χ2v) is 15.3. The van der Waals surface area contributed by atoms with E-state index in [1.54, 1.807) is 0 Å². The van der Waals surface area contributed by atoms with Gasteiger partial charge in [-0.3, -0.25) is 4.57 Å². The van der Waals surface area contributed by atoms with E-state index in [2.05, 4.69) is 197 Å². The van der Waals surface area contributed by atoms with Gasteiger partial charge in [-0.1, -0.05) is 188 Å². The van der Waals surface area contributed by atoms with Gasteiger partial charge in [0.15, 0.2) is 11.6 Å². The summed E-state index contributed by atoms with van der Waals surface area (Å²) in [4.78, 5) is 15.8.